The maximum Gasteiger partial charge on any atom is 0.321 e. The molecule has 1 aliphatic rings. The molecule has 1 aromatic heterocycles. The fourth-order valence-electron chi connectivity index (χ4n) is 4.17. The first-order valence-electron chi connectivity index (χ1n) is 9.33. The van der Waals surface area contributed by atoms with Gasteiger partial charge in [0.05, 0.1) is 15.6 Å². The van der Waals surface area contributed by atoms with Gasteiger partial charge in [-0.1, -0.05) is 44.5 Å². The highest BCUT2D eigenvalue weighted by molar-refractivity contribution is 9.10. The summed E-state index contributed by atoms with van der Waals surface area (Å²) in [5.41, 5.74) is -1.73. The van der Waals surface area contributed by atoms with Crippen molar-refractivity contribution in [2.45, 2.75) is 50.6 Å². The summed E-state index contributed by atoms with van der Waals surface area (Å²) in [5.74, 6) is -2.88. The van der Waals surface area contributed by atoms with Crippen molar-refractivity contribution in [3.05, 3.63) is 57.3 Å². The lowest BCUT2D eigenvalue weighted by atomic mass is 9.65. The molecule has 9 heteroatoms. The first-order chi connectivity index (χ1) is 14.0. The van der Waals surface area contributed by atoms with Crippen LogP contribution in [0, 0.1) is 22.6 Å². The number of hydrogen-bond donors (Lipinski definition) is 2. The zero-order valence-electron chi connectivity index (χ0n) is 16.7. The summed E-state index contributed by atoms with van der Waals surface area (Å²) in [6.07, 6.45) is 3.44. The Morgan fingerprint density at radius 2 is 2.03 bits per heavy atom. The van der Waals surface area contributed by atoms with E-state index >= 15 is 4.39 Å². The SMILES string of the molecule is CC(C)(C)C[C@@H]1N[C@@H](C(=O)O)[C@H](c2cccc(Cl)c2F)[C@]1(C#N)c1ncc(Br)cn1. The van der Waals surface area contributed by atoms with Crippen LogP contribution in [0.4, 0.5) is 4.39 Å². The van der Waals surface area contributed by atoms with Crippen LogP contribution in [0.15, 0.2) is 35.1 Å². The molecule has 0 bridgehead atoms. The summed E-state index contributed by atoms with van der Waals surface area (Å²) >= 11 is 9.28. The molecule has 1 aromatic carbocycles. The standard InChI is InChI=1S/C21H21BrClFN4O2/c1-20(2,3)7-14-21(10-25,19-26-8-11(22)9-27-19)15(17(28-14)18(29)30)12-5-4-6-13(23)16(12)24/h4-6,8-9,14-15,17,28H,7H2,1-3H3,(H,29,30)/t14-,15-,17+,21+/m0/s1. The number of rotatable bonds is 4. The average Bonchev–Trinajstić information content (AvgIpc) is 2.98. The third-order valence-corrected chi connectivity index (χ3v) is 6.03. The number of carboxylic acid groups (broad SMARTS) is 1. The van der Waals surface area contributed by atoms with E-state index in [4.69, 9.17) is 11.6 Å². The van der Waals surface area contributed by atoms with Crippen LogP contribution in [0.3, 0.4) is 0 Å². The molecule has 1 saturated heterocycles. The van der Waals surface area contributed by atoms with Gasteiger partial charge in [0.15, 0.2) is 5.82 Å². The molecular formula is C21H21BrClFN4O2. The highest BCUT2D eigenvalue weighted by Gasteiger charge is 2.62. The number of nitrogens with one attached hydrogen (secondary N) is 1. The largest absolute Gasteiger partial charge is 0.480 e. The van der Waals surface area contributed by atoms with Gasteiger partial charge in [-0.2, -0.15) is 5.26 Å². The molecule has 1 aliphatic heterocycles. The molecule has 6 nitrogen and oxygen atoms in total. The van der Waals surface area contributed by atoms with Gasteiger partial charge in [-0.15, -0.1) is 0 Å². The van der Waals surface area contributed by atoms with Gasteiger partial charge in [0.25, 0.3) is 0 Å². The summed E-state index contributed by atoms with van der Waals surface area (Å²) in [5, 5.41) is 23.4. The van der Waals surface area contributed by atoms with Crippen molar-refractivity contribution in [3.63, 3.8) is 0 Å². The van der Waals surface area contributed by atoms with E-state index in [1.54, 1.807) is 6.07 Å². The Morgan fingerprint density at radius 1 is 1.40 bits per heavy atom. The molecule has 0 amide bonds. The van der Waals surface area contributed by atoms with Crippen molar-refractivity contribution in [1.82, 2.24) is 15.3 Å². The predicted molar refractivity (Wildman–Crippen MR) is 114 cm³/mol. The molecule has 0 unspecified atom stereocenters. The highest BCUT2D eigenvalue weighted by Crippen LogP contribution is 2.51. The van der Waals surface area contributed by atoms with Gasteiger partial charge >= 0.3 is 5.97 Å². The summed E-state index contributed by atoms with van der Waals surface area (Å²) < 4.78 is 15.7. The second-order valence-electron chi connectivity index (χ2n) is 8.63. The van der Waals surface area contributed by atoms with E-state index in [0.29, 0.717) is 10.9 Å². The third kappa shape index (κ3) is 3.94. The van der Waals surface area contributed by atoms with E-state index in [9.17, 15) is 15.2 Å². The molecule has 0 radical (unpaired) electrons. The summed E-state index contributed by atoms with van der Waals surface area (Å²) in [7, 11) is 0. The molecule has 2 N–H and O–H groups in total. The monoisotopic (exact) mass is 494 g/mol. The van der Waals surface area contributed by atoms with E-state index in [2.05, 4.69) is 37.3 Å². The maximum absolute atomic E-state index is 15.1. The van der Waals surface area contributed by atoms with Gasteiger partial charge in [-0.05, 0) is 39.4 Å². The molecule has 0 spiro atoms. The number of aliphatic carboxylic acids is 1. The van der Waals surface area contributed by atoms with Crippen molar-refractivity contribution in [2.24, 2.45) is 5.41 Å². The van der Waals surface area contributed by atoms with Gasteiger partial charge in [-0.25, -0.2) is 14.4 Å². The lowest BCUT2D eigenvalue weighted by molar-refractivity contribution is -0.139. The third-order valence-electron chi connectivity index (χ3n) is 5.33. The van der Waals surface area contributed by atoms with Crippen LogP contribution in [0.5, 0.6) is 0 Å². The Balaban J connectivity index is 2.33. The first kappa shape index (κ1) is 22.6. The van der Waals surface area contributed by atoms with Crippen molar-refractivity contribution in [3.8, 4) is 6.07 Å². The predicted octanol–water partition coefficient (Wildman–Crippen LogP) is 4.44. The smallest absolute Gasteiger partial charge is 0.321 e. The zero-order valence-corrected chi connectivity index (χ0v) is 19.0. The highest BCUT2D eigenvalue weighted by atomic mass is 79.9. The molecule has 30 heavy (non-hydrogen) atoms. The molecule has 3 rings (SSSR count). The van der Waals surface area contributed by atoms with Gasteiger partial charge in [0, 0.05) is 24.4 Å². The van der Waals surface area contributed by atoms with Gasteiger partial charge < -0.3 is 5.11 Å². The molecule has 1 fully saturated rings. The number of carbonyl (C=O) groups is 1. The normalized spacial score (nSPS) is 26.4. The minimum atomic E-state index is -1.53. The Kier molecular flexibility index (Phi) is 6.19. The lowest BCUT2D eigenvalue weighted by Crippen LogP contribution is -2.45. The van der Waals surface area contributed by atoms with E-state index in [0.717, 1.165) is 0 Å². The minimum absolute atomic E-state index is 0.0480. The molecule has 0 aliphatic carbocycles. The van der Waals surface area contributed by atoms with Gasteiger partial charge in [0.2, 0.25) is 0 Å². The maximum atomic E-state index is 15.1. The van der Waals surface area contributed by atoms with Crippen molar-refractivity contribution < 1.29 is 14.3 Å². The second-order valence-corrected chi connectivity index (χ2v) is 9.95. The van der Waals surface area contributed by atoms with Crippen LogP contribution in [0.1, 0.15) is 44.5 Å². The van der Waals surface area contributed by atoms with Crippen LogP contribution in [-0.2, 0) is 10.2 Å². The van der Waals surface area contributed by atoms with Gasteiger partial charge in [-0.3, -0.25) is 10.1 Å². The summed E-state index contributed by atoms with van der Waals surface area (Å²) in [4.78, 5) is 20.9. The van der Waals surface area contributed by atoms with Crippen molar-refractivity contribution >= 4 is 33.5 Å². The number of nitriles is 1. The van der Waals surface area contributed by atoms with E-state index in [-0.39, 0.29) is 21.8 Å². The number of carboxylic acids is 1. The Labute approximate surface area is 187 Å². The number of halogens is 3. The topological polar surface area (TPSA) is 98.9 Å². The fraction of sp³-hybridized carbons (Fsp3) is 0.429. The molecule has 4 atom stereocenters. The van der Waals surface area contributed by atoms with E-state index < -0.39 is 35.2 Å². The summed E-state index contributed by atoms with van der Waals surface area (Å²) in [6.45, 7) is 5.97. The van der Waals surface area contributed by atoms with Crippen LogP contribution < -0.4 is 5.32 Å². The van der Waals surface area contributed by atoms with Crippen molar-refractivity contribution in [2.75, 3.05) is 0 Å². The van der Waals surface area contributed by atoms with Crippen LogP contribution in [-0.4, -0.2) is 33.1 Å². The Morgan fingerprint density at radius 3 is 2.57 bits per heavy atom. The molecule has 0 saturated carbocycles. The van der Waals surface area contributed by atoms with E-state index in [1.165, 1.54) is 24.5 Å². The fourth-order valence-corrected chi connectivity index (χ4v) is 4.56. The molecule has 2 heterocycles. The van der Waals surface area contributed by atoms with Crippen molar-refractivity contribution in [1.29, 1.82) is 5.26 Å². The second kappa shape index (κ2) is 8.22. The van der Waals surface area contributed by atoms with Gasteiger partial charge in [0.1, 0.15) is 17.3 Å². The minimum Gasteiger partial charge on any atom is -0.480 e. The number of aromatic nitrogens is 2. The quantitative estimate of drug-likeness (QED) is 0.651. The Hall–Kier alpha value is -2.08. The molecular weight excluding hydrogens is 475 g/mol. The molecule has 2 aromatic rings. The average molecular weight is 496 g/mol. The van der Waals surface area contributed by atoms with Crippen LogP contribution in [0.2, 0.25) is 5.02 Å². The van der Waals surface area contributed by atoms with E-state index in [1.807, 2.05) is 20.8 Å². The lowest BCUT2D eigenvalue weighted by Gasteiger charge is -2.35. The molecule has 158 valence electrons. The first-order valence-corrected chi connectivity index (χ1v) is 10.5. The van der Waals surface area contributed by atoms with Crippen LogP contribution >= 0.6 is 27.5 Å². The number of nitrogens with zero attached hydrogens (tertiary/aromatic N) is 3. The zero-order chi connectivity index (χ0) is 22.3. The van der Waals surface area contributed by atoms with Crippen LogP contribution in [0.25, 0.3) is 0 Å². The number of benzene rings is 1. The summed E-state index contributed by atoms with van der Waals surface area (Å²) in [6, 6.07) is 4.83. The Bertz CT molecular complexity index is 1010. The number of hydrogen-bond acceptors (Lipinski definition) is 5.